The van der Waals surface area contributed by atoms with Crippen LogP contribution in [0.1, 0.15) is 26.3 Å². The normalized spacial score (nSPS) is 11.0. The minimum atomic E-state index is -0.495. The van der Waals surface area contributed by atoms with E-state index in [4.69, 9.17) is 4.74 Å². The maximum atomic E-state index is 11.5. The SMILES string of the molecule is CC(C)(C)OC(=O)Nc1cncc(CBr)c1. The first-order valence-corrected chi connectivity index (χ1v) is 6.03. The Balaban J connectivity index is 2.62. The average molecular weight is 287 g/mol. The van der Waals surface area contributed by atoms with Gasteiger partial charge in [-0.2, -0.15) is 0 Å². The molecule has 0 bridgehead atoms. The van der Waals surface area contributed by atoms with Gasteiger partial charge in [0.2, 0.25) is 0 Å². The van der Waals surface area contributed by atoms with Crippen molar-refractivity contribution >= 4 is 27.7 Å². The fraction of sp³-hybridized carbons (Fsp3) is 0.455. The van der Waals surface area contributed by atoms with Crippen LogP contribution in [0.2, 0.25) is 0 Å². The van der Waals surface area contributed by atoms with Crippen molar-refractivity contribution in [2.24, 2.45) is 0 Å². The monoisotopic (exact) mass is 286 g/mol. The number of aromatic nitrogens is 1. The smallest absolute Gasteiger partial charge is 0.412 e. The van der Waals surface area contributed by atoms with Crippen molar-refractivity contribution < 1.29 is 9.53 Å². The summed E-state index contributed by atoms with van der Waals surface area (Å²) in [6.45, 7) is 5.46. The Morgan fingerprint density at radius 3 is 2.75 bits per heavy atom. The highest BCUT2D eigenvalue weighted by molar-refractivity contribution is 9.08. The molecule has 0 radical (unpaired) electrons. The van der Waals surface area contributed by atoms with Crippen molar-refractivity contribution in [1.82, 2.24) is 4.98 Å². The van der Waals surface area contributed by atoms with Gasteiger partial charge >= 0.3 is 6.09 Å². The first-order valence-electron chi connectivity index (χ1n) is 4.90. The Labute approximate surface area is 104 Å². The lowest BCUT2D eigenvalue weighted by Crippen LogP contribution is -2.27. The lowest BCUT2D eigenvalue weighted by atomic mass is 10.2. The number of carbonyl (C=O) groups is 1. The fourth-order valence-electron chi connectivity index (χ4n) is 1.05. The lowest BCUT2D eigenvalue weighted by Gasteiger charge is -2.19. The molecule has 88 valence electrons. The third-order valence-electron chi connectivity index (χ3n) is 1.59. The summed E-state index contributed by atoms with van der Waals surface area (Å²) in [4.78, 5) is 15.5. The number of carbonyl (C=O) groups excluding carboxylic acids is 1. The molecule has 0 saturated heterocycles. The largest absolute Gasteiger partial charge is 0.444 e. The number of nitrogens with one attached hydrogen (secondary N) is 1. The third-order valence-corrected chi connectivity index (χ3v) is 2.24. The molecule has 1 amide bonds. The standard InChI is InChI=1S/C11H15BrN2O2/c1-11(2,3)16-10(15)14-9-4-8(5-12)6-13-7-9/h4,6-7H,5H2,1-3H3,(H,14,15). The molecule has 1 N–H and O–H groups in total. The number of ether oxygens (including phenoxy) is 1. The third kappa shape index (κ3) is 4.61. The molecule has 1 aromatic heterocycles. The van der Waals surface area contributed by atoms with E-state index < -0.39 is 11.7 Å². The van der Waals surface area contributed by atoms with Crippen LogP contribution in [0.3, 0.4) is 0 Å². The number of pyridine rings is 1. The quantitative estimate of drug-likeness (QED) is 0.849. The van der Waals surface area contributed by atoms with Gasteiger partial charge < -0.3 is 4.74 Å². The van der Waals surface area contributed by atoms with Gasteiger partial charge in [0, 0.05) is 11.5 Å². The Hall–Kier alpha value is -1.10. The van der Waals surface area contributed by atoms with Gasteiger partial charge in [-0.1, -0.05) is 15.9 Å². The number of halogens is 1. The summed E-state index contributed by atoms with van der Waals surface area (Å²) < 4.78 is 5.13. The average Bonchev–Trinajstić information content (AvgIpc) is 2.15. The number of rotatable bonds is 2. The van der Waals surface area contributed by atoms with E-state index in [1.807, 2.05) is 26.8 Å². The molecule has 16 heavy (non-hydrogen) atoms. The van der Waals surface area contributed by atoms with Crippen molar-refractivity contribution in [2.75, 3.05) is 5.32 Å². The van der Waals surface area contributed by atoms with Crippen LogP contribution in [0.5, 0.6) is 0 Å². The summed E-state index contributed by atoms with van der Waals surface area (Å²) in [5, 5.41) is 3.33. The molecule has 0 aliphatic rings. The van der Waals surface area contributed by atoms with Gasteiger partial charge in [-0.15, -0.1) is 0 Å². The highest BCUT2D eigenvalue weighted by Crippen LogP contribution is 2.13. The van der Waals surface area contributed by atoms with E-state index in [2.05, 4.69) is 26.2 Å². The zero-order chi connectivity index (χ0) is 12.2. The predicted octanol–water partition coefficient (Wildman–Crippen LogP) is 3.32. The van der Waals surface area contributed by atoms with Crippen molar-refractivity contribution in [3.63, 3.8) is 0 Å². The van der Waals surface area contributed by atoms with Crippen LogP contribution < -0.4 is 5.32 Å². The highest BCUT2D eigenvalue weighted by Gasteiger charge is 2.16. The molecule has 0 aliphatic carbocycles. The van der Waals surface area contributed by atoms with E-state index in [9.17, 15) is 4.79 Å². The number of amides is 1. The van der Waals surface area contributed by atoms with Crippen LogP contribution in [-0.2, 0) is 10.1 Å². The molecule has 1 rings (SSSR count). The molecular weight excluding hydrogens is 272 g/mol. The molecule has 5 heteroatoms. The van der Waals surface area contributed by atoms with Crippen LogP contribution in [0, 0.1) is 0 Å². The van der Waals surface area contributed by atoms with Gasteiger partial charge in [0.05, 0.1) is 11.9 Å². The van der Waals surface area contributed by atoms with Crippen molar-refractivity contribution in [1.29, 1.82) is 0 Å². The second kappa shape index (κ2) is 5.30. The van der Waals surface area contributed by atoms with Crippen LogP contribution in [0.4, 0.5) is 10.5 Å². The molecule has 0 unspecified atom stereocenters. The van der Waals surface area contributed by atoms with E-state index >= 15 is 0 Å². The summed E-state index contributed by atoms with van der Waals surface area (Å²) in [6.07, 6.45) is 2.84. The molecule has 1 heterocycles. The minimum absolute atomic E-state index is 0.471. The summed E-state index contributed by atoms with van der Waals surface area (Å²) in [6, 6.07) is 1.84. The van der Waals surface area contributed by atoms with Crippen molar-refractivity contribution in [2.45, 2.75) is 31.7 Å². The Morgan fingerprint density at radius 2 is 2.19 bits per heavy atom. The van der Waals surface area contributed by atoms with Gasteiger partial charge in [-0.05, 0) is 32.4 Å². The predicted molar refractivity (Wildman–Crippen MR) is 66.7 cm³/mol. The Kier molecular flexibility index (Phi) is 4.29. The van der Waals surface area contributed by atoms with Crippen LogP contribution in [0.15, 0.2) is 18.5 Å². The van der Waals surface area contributed by atoms with Crippen molar-refractivity contribution in [3.05, 3.63) is 24.0 Å². The van der Waals surface area contributed by atoms with E-state index in [0.29, 0.717) is 11.0 Å². The zero-order valence-electron chi connectivity index (χ0n) is 9.58. The molecule has 0 spiro atoms. The number of hydrogen-bond acceptors (Lipinski definition) is 3. The topological polar surface area (TPSA) is 51.2 Å². The molecule has 4 nitrogen and oxygen atoms in total. The van der Waals surface area contributed by atoms with Gasteiger partial charge in [0.25, 0.3) is 0 Å². The van der Waals surface area contributed by atoms with Gasteiger partial charge in [0.15, 0.2) is 0 Å². The number of anilines is 1. The zero-order valence-corrected chi connectivity index (χ0v) is 11.2. The Morgan fingerprint density at radius 1 is 1.50 bits per heavy atom. The minimum Gasteiger partial charge on any atom is -0.444 e. The summed E-state index contributed by atoms with van der Waals surface area (Å²) >= 11 is 3.32. The summed E-state index contributed by atoms with van der Waals surface area (Å²) in [5.74, 6) is 0. The van der Waals surface area contributed by atoms with Crippen LogP contribution >= 0.6 is 15.9 Å². The molecule has 0 fully saturated rings. The maximum Gasteiger partial charge on any atom is 0.412 e. The van der Waals surface area contributed by atoms with E-state index in [1.165, 1.54) is 0 Å². The van der Waals surface area contributed by atoms with Gasteiger partial charge in [0.1, 0.15) is 5.60 Å². The first-order chi connectivity index (χ1) is 7.40. The number of alkyl halides is 1. The molecule has 0 aliphatic heterocycles. The molecule has 0 saturated carbocycles. The molecule has 0 atom stereocenters. The summed E-state index contributed by atoms with van der Waals surface area (Å²) in [5.41, 5.74) is 1.13. The van der Waals surface area contributed by atoms with Crippen LogP contribution in [0.25, 0.3) is 0 Å². The second-order valence-corrected chi connectivity index (χ2v) is 4.90. The molecular formula is C11H15BrN2O2. The second-order valence-electron chi connectivity index (χ2n) is 4.34. The van der Waals surface area contributed by atoms with Gasteiger partial charge in [-0.3, -0.25) is 10.3 Å². The van der Waals surface area contributed by atoms with E-state index in [-0.39, 0.29) is 0 Å². The van der Waals surface area contributed by atoms with Gasteiger partial charge in [-0.25, -0.2) is 4.79 Å². The first kappa shape index (κ1) is 13.0. The Bertz CT molecular complexity index is 374. The molecule has 0 aromatic carbocycles. The van der Waals surface area contributed by atoms with Crippen LogP contribution in [-0.4, -0.2) is 16.7 Å². The molecule has 1 aromatic rings. The highest BCUT2D eigenvalue weighted by atomic mass is 79.9. The lowest BCUT2D eigenvalue weighted by molar-refractivity contribution is 0.0636. The van der Waals surface area contributed by atoms with Crippen molar-refractivity contribution in [3.8, 4) is 0 Å². The number of nitrogens with zero attached hydrogens (tertiary/aromatic N) is 1. The summed E-state index contributed by atoms with van der Waals surface area (Å²) in [7, 11) is 0. The fourth-order valence-corrected chi connectivity index (χ4v) is 1.36. The maximum absolute atomic E-state index is 11.5. The van der Waals surface area contributed by atoms with E-state index in [0.717, 1.165) is 5.56 Å². The number of hydrogen-bond donors (Lipinski definition) is 1. The van der Waals surface area contributed by atoms with E-state index in [1.54, 1.807) is 12.4 Å².